The molecular formula is C20H20O3. The van der Waals surface area contributed by atoms with Crippen molar-refractivity contribution in [3.8, 4) is 11.5 Å². The fraction of sp³-hybridized carbons (Fsp3) is 0.150. The Morgan fingerprint density at radius 3 is 2.52 bits per heavy atom. The molecule has 0 unspecified atom stereocenters. The number of allylic oxidation sites excluding steroid dienone is 1. The highest BCUT2D eigenvalue weighted by Gasteiger charge is 2.05. The third kappa shape index (κ3) is 4.58. The number of aryl methyl sites for hydroxylation is 1. The van der Waals surface area contributed by atoms with Crippen molar-refractivity contribution < 1.29 is 14.3 Å². The van der Waals surface area contributed by atoms with Crippen molar-refractivity contribution in [1.82, 2.24) is 0 Å². The van der Waals surface area contributed by atoms with Crippen LogP contribution in [0.1, 0.15) is 21.5 Å². The molecule has 0 aliphatic carbocycles. The van der Waals surface area contributed by atoms with Crippen LogP contribution in [0.5, 0.6) is 11.5 Å². The number of ketones is 1. The largest absolute Gasteiger partial charge is 0.493 e. The molecule has 2 aromatic carbocycles. The first-order valence-electron chi connectivity index (χ1n) is 7.35. The van der Waals surface area contributed by atoms with Crippen LogP contribution in [-0.2, 0) is 0 Å². The Bertz CT molecular complexity index is 712. The Labute approximate surface area is 136 Å². The van der Waals surface area contributed by atoms with E-state index in [0.717, 1.165) is 11.1 Å². The smallest absolute Gasteiger partial charge is 0.185 e. The van der Waals surface area contributed by atoms with E-state index in [9.17, 15) is 4.79 Å². The Morgan fingerprint density at radius 1 is 1.13 bits per heavy atom. The number of benzene rings is 2. The highest BCUT2D eigenvalue weighted by Crippen LogP contribution is 2.28. The highest BCUT2D eigenvalue weighted by molar-refractivity contribution is 6.06. The second kappa shape index (κ2) is 7.99. The molecule has 0 aromatic heterocycles. The lowest BCUT2D eigenvalue weighted by atomic mass is 10.1. The minimum atomic E-state index is -0.0315. The molecule has 0 heterocycles. The summed E-state index contributed by atoms with van der Waals surface area (Å²) in [6.07, 6.45) is 5.00. The number of carbonyl (C=O) groups excluding carboxylic acids is 1. The first-order chi connectivity index (χ1) is 11.1. The van der Waals surface area contributed by atoms with Crippen molar-refractivity contribution in [2.75, 3.05) is 13.7 Å². The third-order valence-corrected chi connectivity index (χ3v) is 3.31. The molecule has 2 rings (SSSR count). The number of rotatable bonds is 7. The van der Waals surface area contributed by atoms with Gasteiger partial charge in [-0.25, -0.2) is 0 Å². The second-order valence-corrected chi connectivity index (χ2v) is 5.07. The number of hydrogen-bond donors (Lipinski definition) is 0. The van der Waals surface area contributed by atoms with Crippen LogP contribution in [0.2, 0.25) is 0 Å². The molecule has 2 aromatic rings. The van der Waals surface area contributed by atoms with Gasteiger partial charge in [0.15, 0.2) is 17.3 Å². The van der Waals surface area contributed by atoms with E-state index in [1.54, 1.807) is 25.3 Å². The maximum atomic E-state index is 12.1. The van der Waals surface area contributed by atoms with Gasteiger partial charge in [0.2, 0.25) is 0 Å². The van der Waals surface area contributed by atoms with Crippen LogP contribution in [0.15, 0.2) is 61.2 Å². The van der Waals surface area contributed by atoms with Gasteiger partial charge in [-0.1, -0.05) is 54.6 Å². The molecule has 0 saturated carbocycles. The minimum absolute atomic E-state index is 0.0315. The molecule has 118 valence electrons. The lowest BCUT2D eigenvalue weighted by Gasteiger charge is -2.09. The van der Waals surface area contributed by atoms with Crippen LogP contribution in [0.3, 0.4) is 0 Å². The Hall–Kier alpha value is -2.81. The lowest BCUT2D eigenvalue weighted by molar-refractivity contribution is 0.104. The topological polar surface area (TPSA) is 35.5 Å². The number of ether oxygens (including phenoxy) is 2. The summed E-state index contributed by atoms with van der Waals surface area (Å²) < 4.78 is 10.8. The van der Waals surface area contributed by atoms with Crippen molar-refractivity contribution >= 4 is 11.9 Å². The monoisotopic (exact) mass is 308 g/mol. The second-order valence-electron chi connectivity index (χ2n) is 5.07. The van der Waals surface area contributed by atoms with Gasteiger partial charge >= 0.3 is 0 Å². The number of hydrogen-bond acceptors (Lipinski definition) is 3. The van der Waals surface area contributed by atoms with Gasteiger partial charge in [-0.05, 0) is 30.7 Å². The minimum Gasteiger partial charge on any atom is -0.493 e. The molecule has 0 radical (unpaired) electrons. The normalized spacial score (nSPS) is 10.5. The molecule has 3 heteroatoms. The van der Waals surface area contributed by atoms with E-state index in [-0.39, 0.29) is 5.78 Å². The standard InChI is InChI=1S/C20H20O3/c1-4-13-23-19-12-8-16(14-20(19)22-3)7-11-18(21)17-9-5-15(2)6-10-17/h4-12,14H,1,13H2,2-3H3. The molecule has 0 amide bonds. The molecule has 0 aliphatic rings. The van der Waals surface area contributed by atoms with E-state index in [4.69, 9.17) is 9.47 Å². The van der Waals surface area contributed by atoms with Gasteiger partial charge in [-0.15, -0.1) is 0 Å². The van der Waals surface area contributed by atoms with E-state index in [1.165, 1.54) is 0 Å². The zero-order chi connectivity index (χ0) is 16.7. The maximum absolute atomic E-state index is 12.1. The van der Waals surface area contributed by atoms with Gasteiger partial charge < -0.3 is 9.47 Å². The third-order valence-electron chi connectivity index (χ3n) is 3.31. The van der Waals surface area contributed by atoms with E-state index in [2.05, 4.69) is 6.58 Å². The molecule has 0 bridgehead atoms. The quantitative estimate of drug-likeness (QED) is 0.430. The fourth-order valence-electron chi connectivity index (χ4n) is 2.04. The summed E-state index contributed by atoms with van der Waals surface area (Å²) in [5.74, 6) is 1.24. The Balaban J connectivity index is 2.14. The van der Waals surface area contributed by atoms with Crippen molar-refractivity contribution in [2.24, 2.45) is 0 Å². The zero-order valence-electron chi connectivity index (χ0n) is 13.4. The van der Waals surface area contributed by atoms with Crippen molar-refractivity contribution in [3.63, 3.8) is 0 Å². The van der Waals surface area contributed by atoms with Gasteiger partial charge in [0.1, 0.15) is 6.61 Å². The molecule has 23 heavy (non-hydrogen) atoms. The number of carbonyl (C=O) groups is 1. The summed E-state index contributed by atoms with van der Waals surface area (Å²) in [5.41, 5.74) is 2.67. The molecule has 0 fully saturated rings. The summed E-state index contributed by atoms with van der Waals surface area (Å²) in [6.45, 7) is 6.02. The predicted octanol–water partition coefficient (Wildman–Crippen LogP) is 4.46. The van der Waals surface area contributed by atoms with Crippen LogP contribution in [0, 0.1) is 6.92 Å². The highest BCUT2D eigenvalue weighted by atomic mass is 16.5. The van der Waals surface area contributed by atoms with Gasteiger partial charge in [0, 0.05) is 5.56 Å². The summed E-state index contributed by atoms with van der Waals surface area (Å²) in [4.78, 5) is 12.1. The molecule has 3 nitrogen and oxygen atoms in total. The summed E-state index contributed by atoms with van der Waals surface area (Å²) in [5, 5.41) is 0. The van der Waals surface area contributed by atoms with E-state index in [1.807, 2.05) is 49.4 Å². The first kappa shape index (κ1) is 16.6. The number of methoxy groups -OCH3 is 1. The summed E-state index contributed by atoms with van der Waals surface area (Å²) in [6, 6.07) is 13.0. The van der Waals surface area contributed by atoms with E-state index >= 15 is 0 Å². The summed E-state index contributed by atoms with van der Waals surface area (Å²) in [7, 11) is 1.58. The van der Waals surface area contributed by atoms with Crippen LogP contribution < -0.4 is 9.47 Å². The van der Waals surface area contributed by atoms with Gasteiger partial charge in [-0.2, -0.15) is 0 Å². The molecule has 0 aliphatic heterocycles. The molecular weight excluding hydrogens is 288 g/mol. The molecule has 0 atom stereocenters. The van der Waals surface area contributed by atoms with Crippen LogP contribution in [0.25, 0.3) is 6.08 Å². The molecule has 0 saturated heterocycles. The predicted molar refractivity (Wildman–Crippen MR) is 93.2 cm³/mol. The maximum Gasteiger partial charge on any atom is 0.185 e. The van der Waals surface area contributed by atoms with Crippen LogP contribution in [-0.4, -0.2) is 19.5 Å². The Morgan fingerprint density at radius 2 is 1.87 bits per heavy atom. The Kier molecular flexibility index (Phi) is 5.75. The van der Waals surface area contributed by atoms with Crippen LogP contribution >= 0.6 is 0 Å². The summed E-state index contributed by atoms with van der Waals surface area (Å²) >= 11 is 0. The van der Waals surface area contributed by atoms with Crippen LogP contribution in [0.4, 0.5) is 0 Å². The lowest BCUT2D eigenvalue weighted by Crippen LogP contribution is -1.96. The molecule has 0 spiro atoms. The van der Waals surface area contributed by atoms with E-state index in [0.29, 0.717) is 23.7 Å². The van der Waals surface area contributed by atoms with Crippen molar-refractivity contribution in [3.05, 3.63) is 77.9 Å². The first-order valence-corrected chi connectivity index (χ1v) is 7.35. The zero-order valence-corrected chi connectivity index (χ0v) is 13.4. The molecule has 0 N–H and O–H groups in total. The SMILES string of the molecule is C=CCOc1ccc(C=CC(=O)c2ccc(C)cc2)cc1OC. The average Bonchev–Trinajstić information content (AvgIpc) is 2.58. The van der Waals surface area contributed by atoms with Crippen molar-refractivity contribution in [2.45, 2.75) is 6.92 Å². The fourth-order valence-corrected chi connectivity index (χ4v) is 2.04. The average molecular weight is 308 g/mol. The van der Waals surface area contributed by atoms with E-state index < -0.39 is 0 Å². The van der Waals surface area contributed by atoms with Gasteiger partial charge in [0.05, 0.1) is 7.11 Å². The van der Waals surface area contributed by atoms with Crippen molar-refractivity contribution in [1.29, 1.82) is 0 Å². The van der Waals surface area contributed by atoms with Gasteiger partial charge in [0.25, 0.3) is 0 Å². The van der Waals surface area contributed by atoms with Gasteiger partial charge in [-0.3, -0.25) is 4.79 Å².